The molecule has 1 atom stereocenters. The van der Waals surface area contributed by atoms with Crippen molar-refractivity contribution in [2.45, 2.75) is 26.1 Å². The topological polar surface area (TPSA) is 12.5 Å². The van der Waals surface area contributed by atoms with Crippen molar-refractivity contribution < 1.29 is 4.43 Å². The molecule has 0 saturated carbocycles. The number of benzene rings is 1. The average Bonchev–Trinajstić information content (AvgIpc) is 2.28. The van der Waals surface area contributed by atoms with Crippen molar-refractivity contribution in [2.24, 2.45) is 0 Å². The summed E-state index contributed by atoms with van der Waals surface area (Å²) in [5.74, 6) is 0. The van der Waals surface area contributed by atoms with Crippen molar-refractivity contribution in [2.75, 3.05) is 21.2 Å². The van der Waals surface area contributed by atoms with Crippen LogP contribution in [0, 0.1) is 0 Å². The third-order valence-corrected chi connectivity index (χ3v) is 7.08. The quantitative estimate of drug-likeness (QED) is 0.728. The van der Waals surface area contributed by atoms with E-state index in [2.05, 4.69) is 56.7 Å². The Bertz CT molecular complexity index is 334. The first-order valence-corrected chi connectivity index (χ1v) is 8.43. The zero-order chi connectivity index (χ0) is 12.2. The van der Waals surface area contributed by atoms with Gasteiger partial charge in [0.2, 0.25) is 8.32 Å². The highest BCUT2D eigenvalue weighted by Gasteiger charge is 2.30. The highest BCUT2D eigenvalue weighted by molar-refractivity contribution is 6.85. The van der Waals surface area contributed by atoms with Crippen LogP contribution in [0.15, 0.2) is 24.3 Å². The lowest BCUT2D eigenvalue weighted by Gasteiger charge is -2.27. The Hall–Kier alpha value is -0.643. The van der Waals surface area contributed by atoms with Gasteiger partial charge >= 0.3 is 0 Å². The second kappa shape index (κ2) is 5.62. The van der Waals surface area contributed by atoms with E-state index >= 15 is 0 Å². The number of nitrogens with zero attached hydrogens (tertiary/aromatic N) is 1. The summed E-state index contributed by atoms with van der Waals surface area (Å²) in [5, 5.41) is 1.44. The van der Waals surface area contributed by atoms with Crippen molar-refractivity contribution in [3.63, 3.8) is 0 Å². The predicted molar refractivity (Wildman–Crippen MR) is 72.6 cm³/mol. The molecule has 0 saturated heterocycles. The van der Waals surface area contributed by atoms with E-state index in [1.54, 1.807) is 0 Å². The smallest absolute Gasteiger partial charge is 0.220 e. The molecule has 1 unspecified atom stereocenters. The summed E-state index contributed by atoms with van der Waals surface area (Å²) in [5.41, 5.74) is 1.41. The van der Waals surface area contributed by atoms with Crippen molar-refractivity contribution in [3.05, 3.63) is 29.8 Å². The largest absolute Gasteiger partial charge is 0.416 e. The van der Waals surface area contributed by atoms with Crippen molar-refractivity contribution in [3.8, 4) is 0 Å². The van der Waals surface area contributed by atoms with E-state index in [1.165, 1.54) is 10.8 Å². The molecule has 0 aliphatic rings. The van der Waals surface area contributed by atoms with E-state index in [0.29, 0.717) is 0 Å². The molecule has 0 aliphatic carbocycles. The molecule has 0 amide bonds. The standard InChI is InChI=1S/C13H23NOSi/c1-6-16(5,15-4)13-10-8-7-9-12(13)11-14(2)3/h7-10H,6,11H2,1-5H3. The molecule has 0 spiro atoms. The Morgan fingerprint density at radius 3 is 2.38 bits per heavy atom. The second-order valence-corrected chi connectivity index (χ2v) is 8.80. The van der Waals surface area contributed by atoms with Crippen LogP contribution in [0.2, 0.25) is 12.6 Å². The number of hydrogen-bond donors (Lipinski definition) is 0. The van der Waals surface area contributed by atoms with E-state index in [1.807, 2.05) is 7.11 Å². The first-order valence-electron chi connectivity index (χ1n) is 5.81. The zero-order valence-electron chi connectivity index (χ0n) is 11.1. The maximum absolute atomic E-state index is 5.82. The monoisotopic (exact) mass is 237 g/mol. The summed E-state index contributed by atoms with van der Waals surface area (Å²) in [6, 6.07) is 9.80. The first-order chi connectivity index (χ1) is 7.53. The number of hydrogen-bond acceptors (Lipinski definition) is 2. The van der Waals surface area contributed by atoms with Crippen LogP contribution in [-0.2, 0) is 11.0 Å². The minimum absolute atomic E-state index is 0.988. The zero-order valence-corrected chi connectivity index (χ0v) is 12.1. The van der Waals surface area contributed by atoms with Crippen LogP contribution in [0.1, 0.15) is 12.5 Å². The van der Waals surface area contributed by atoms with Gasteiger partial charge in [0.1, 0.15) is 0 Å². The van der Waals surface area contributed by atoms with E-state index in [9.17, 15) is 0 Å². The summed E-state index contributed by atoms with van der Waals surface area (Å²) >= 11 is 0. The summed E-state index contributed by atoms with van der Waals surface area (Å²) in [4.78, 5) is 2.21. The van der Waals surface area contributed by atoms with Gasteiger partial charge in [-0.2, -0.15) is 0 Å². The molecule has 1 rings (SSSR count). The molecule has 1 aromatic carbocycles. The molecule has 0 aromatic heterocycles. The molecule has 0 aliphatic heterocycles. The summed E-state index contributed by atoms with van der Waals surface area (Å²) in [6.07, 6.45) is 0. The fraction of sp³-hybridized carbons (Fsp3) is 0.538. The average molecular weight is 237 g/mol. The van der Waals surface area contributed by atoms with Crippen LogP contribution in [0.4, 0.5) is 0 Å². The van der Waals surface area contributed by atoms with E-state index in [4.69, 9.17) is 4.43 Å². The van der Waals surface area contributed by atoms with Crippen molar-refractivity contribution in [1.82, 2.24) is 4.90 Å². The highest BCUT2D eigenvalue weighted by Crippen LogP contribution is 2.13. The van der Waals surface area contributed by atoms with Gasteiger partial charge in [0.05, 0.1) is 0 Å². The Balaban J connectivity index is 3.11. The number of rotatable bonds is 5. The van der Waals surface area contributed by atoms with Crippen molar-refractivity contribution >= 4 is 13.5 Å². The van der Waals surface area contributed by atoms with Gasteiger partial charge in [0.25, 0.3) is 0 Å². The van der Waals surface area contributed by atoms with Gasteiger partial charge in [-0.25, -0.2) is 0 Å². The maximum atomic E-state index is 5.82. The van der Waals surface area contributed by atoms with Gasteiger partial charge in [0.15, 0.2) is 0 Å². The lowest BCUT2D eigenvalue weighted by atomic mass is 10.2. The van der Waals surface area contributed by atoms with Crippen LogP contribution in [0.5, 0.6) is 0 Å². The molecule has 3 heteroatoms. The van der Waals surface area contributed by atoms with Gasteiger partial charge in [-0.1, -0.05) is 31.2 Å². The van der Waals surface area contributed by atoms with Gasteiger partial charge in [0, 0.05) is 13.7 Å². The Morgan fingerprint density at radius 2 is 1.88 bits per heavy atom. The molecule has 0 N–H and O–H groups in total. The summed E-state index contributed by atoms with van der Waals surface area (Å²) < 4.78 is 5.82. The lowest BCUT2D eigenvalue weighted by Crippen LogP contribution is -2.48. The third-order valence-electron chi connectivity index (χ3n) is 3.20. The molecule has 1 aromatic rings. The van der Waals surface area contributed by atoms with E-state index in [-0.39, 0.29) is 0 Å². The molecule has 2 nitrogen and oxygen atoms in total. The van der Waals surface area contributed by atoms with Crippen LogP contribution >= 0.6 is 0 Å². The van der Waals surface area contributed by atoms with E-state index in [0.717, 1.165) is 12.6 Å². The van der Waals surface area contributed by atoms with Gasteiger partial charge in [-0.15, -0.1) is 0 Å². The highest BCUT2D eigenvalue weighted by atomic mass is 28.4. The van der Waals surface area contributed by atoms with Crippen LogP contribution in [0.3, 0.4) is 0 Å². The molecular weight excluding hydrogens is 214 g/mol. The normalized spacial score (nSPS) is 15.1. The van der Waals surface area contributed by atoms with Crippen LogP contribution < -0.4 is 5.19 Å². The van der Waals surface area contributed by atoms with Gasteiger partial charge in [-0.3, -0.25) is 0 Å². The van der Waals surface area contributed by atoms with Gasteiger partial charge in [-0.05, 0) is 37.4 Å². The molecule has 0 fully saturated rings. The molecule has 16 heavy (non-hydrogen) atoms. The third kappa shape index (κ3) is 2.94. The molecule has 0 radical (unpaired) electrons. The first kappa shape index (κ1) is 13.4. The lowest BCUT2D eigenvalue weighted by molar-refractivity contribution is 0.398. The minimum atomic E-state index is -1.71. The molecular formula is C13H23NOSi. The van der Waals surface area contributed by atoms with Crippen LogP contribution in [-0.4, -0.2) is 34.4 Å². The Labute approximate surface area is 100 Å². The molecule has 90 valence electrons. The summed E-state index contributed by atoms with van der Waals surface area (Å²) in [7, 11) is 4.35. The summed E-state index contributed by atoms with van der Waals surface area (Å²) in [6.45, 7) is 5.51. The predicted octanol–water partition coefficient (Wildman–Crippen LogP) is 2.20. The SMILES string of the molecule is CC[Si](C)(OC)c1ccccc1CN(C)C. The molecule has 0 bridgehead atoms. The fourth-order valence-corrected chi connectivity index (χ4v) is 4.14. The van der Waals surface area contributed by atoms with Gasteiger partial charge < -0.3 is 9.33 Å². The van der Waals surface area contributed by atoms with Crippen molar-refractivity contribution in [1.29, 1.82) is 0 Å². The molecule has 0 heterocycles. The van der Waals surface area contributed by atoms with Crippen LogP contribution in [0.25, 0.3) is 0 Å². The Kier molecular flexibility index (Phi) is 4.71. The maximum Gasteiger partial charge on any atom is 0.220 e. The fourth-order valence-electron chi connectivity index (χ4n) is 1.96. The second-order valence-electron chi connectivity index (χ2n) is 4.68. The Morgan fingerprint density at radius 1 is 1.25 bits per heavy atom. The minimum Gasteiger partial charge on any atom is -0.416 e. The van der Waals surface area contributed by atoms with E-state index < -0.39 is 8.32 Å².